The number of phenolic OH excluding ortho intramolecular Hbond substituents is 1. The Morgan fingerprint density at radius 1 is 1.27 bits per heavy atom. The minimum absolute atomic E-state index is 0. The van der Waals surface area contributed by atoms with Gasteiger partial charge in [-0.25, -0.2) is 0 Å². The van der Waals surface area contributed by atoms with Gasteiger partial charge in [0.05, 0.1) is 7.11 Å². The minimum atomic E-state index is 0. The molecule has 22 heavy (non-hydrogen) atoms. The lowest BCUT2D eigenvalue weighted by Crippen LogP contribution is -2.39. The molecule has 0 heterocycles. The maximum atomic E-state index is 9.85. The van der Waals surface area contributed by atoms with E-state index in [1.54, 1.807) is 26.3 Å². The van der Waals surface area contributed by atoms with Gasteiger partial charge in [-0.2, -0.15) is 0 Å². The van der Waals surface area contributed by atoms with Crippen molar-refractivity contribution in [3.8, 4) is 11.5 Å². The predicted molar refractivity (Wildman–Crippen MR) is 102 cm³/mol. The van der Waals surface area contributed by atoms with E-state index in [9.17, 15) is 5.11 Å². The zero-order valence-corrected chi connectivity index (χ0v) is 16.2. The van der Waals surface area contributed by atoms with Crippen molar-refractivity contribution in [1.82, 2.24) is 10.6 Å². The molecule has 0 aliphatic heterocycles. The van der Waals surface area contributed by atoms with E-state index in [4.69, 9.17) is 4.74 Å². The van der Waals surface area contributed by atoms with Crippen LogP contribution in [0.4, 0.5) is 0 Å². The molecule has 0 fully saturated rings. The second kappa shape index (κ2) is 11.4. The normalized spacial score (nSPS) is 11.0. The Hall–Kier alpha value is -1.18. The van der Waals surface area contributed by atoms with Crippen LogP contribution in [0.25, 0.3) is 0 Å². The van der Waals surface area contributed by atoms with Crippen LogP contribution >= 0.6 is 24.0 Å². The van der Waals surface area contributed by atoms with Crippen LogP contribution < -0.4 is 15.4 Å². The Bertz CT molecular complexity index is 463. The number of nitrogens with one attached hydrogen (secondary N) is 2. The maximum Gasteiger partial charge on any atom is 0.191 e. The van der Waals surface area contributed by atoms with Crippen molar-refractivity contribution in [2.24, 2.45) is 10.9 Å². The zero-order chi connectivity index (χ0) is 15.7. The average molecular weight is 421 g/mol. The Kier molecular flexibility index (Phi) is 10.8. The maximum absolute atomic E-state index is 9.85. The number of halogens is 1. The highest BCUT2D eigenvalue weighted by atomic mass is 127. The first-order valence-corrected chi connectivity index (χ1v) is 7.44. The van der Waals surface area contributed by atoms with Gasteiger partial charge in [-0.3, -0.25) is 4.99 Å². The highest BCUT2D eigenvalue weighted by molar-refractivity contribution is 14.0. The van der Waals surface area contributed by atoms with Gasteiger partial charge in [0.25, 0.3) is 0 Å². The molecule has 0 atom stereocenters. The summed E-state index contributed by atoms with van der Waals surface area (Å²) in [4.78, 5) is 4.20. The van der Waals surface area contributed by atoms with Crippen LogP contribution in [0.1, 0.15) is 32.3 Å². The van der Waals surface area contributed by atoms with Crippen molar-refractivity contribution < 1.29 is 9.84 Å². The summed E-state index contributed by atoms with van der Waals surface area (Å²) in [5.41, 5.74) is 0.778. The number of rotatable bonds is 7. The Morgan fingerprint density at radius 3 is 2.50 bits per heavy atom. The fraction of sp³-hybridized carbons (Fsp3) is 0.562. The lowest BCUT2D eigenvalue weighted by molar-refractivity contribution is 0.410. The van der Waals surface area contributed by atoms with Crippen molar-refractivity contribution in [1.29, 1.82) is 0 Å². The number of nitrogens with zero attached hydrogens (tertiary/aromatic N) is 1. The van der Waals surface area contributed by atoms with E-state index in [0.717, 1.165) is 36.7 Å². The summed E-state index contributed by atoms with van der Waals surface area (Å²) in [6, 6.07) is 5.19. The molecule has 1 aromatic carbocycles. The minimum Gasteiger partial charge on any atom is -0.508 e. The first-order valence-electron chi connectivity index (χ1n) is 7.44. The summed E-state index contributed by atoms with van der Waals surface area (Å²) in [6.45, 7) is 5.78. The second-order valence-electron chi connectivity index (χ2n) is 4.98. The zero-order valence-electron chi connectivity index (χ0n) is 13.8. The molecule has 6 heteroatoms. The van der Waals surface area contributed by atoms with Crippen LogP contribution in [0, 0.1) is 5.92 Å². The topological polar surface area (TPSA) is 65.9 Å². The predicted octanol–water partition coefficient (Wildman–Crippen LogP) is 3.12. The first-order chi connectivity index (χ1) is 10.1. The monoisotopic (exact) mass is 421 g/mol. The third-order valence-electron chi connectivity index (χ3n) is 3.67. The third-order valence-corrected chi connectivity index (χ3v) is 3.67. The van der Waals surface area contributed by atoms with Gasteiger partial charge in [-0.1, -0.05) is 26.7 Å². The van der Waals surface area contributed by atoms with Crippen LogP contribution in [0.2, 0.25) is 0 Å². The van der Waals surface area contributed by atoms with Gasteiger partial charge in [0, 0.05) is 25.7 Å². The smallest absolute Gasteiger partial charge is 0.191 e. The highest BCUT2D eigenvalue weighted by Crippen LogP contribution is 2.22. The molecule has 5 nitrogen and oxygen atoms in total. The Balaban J connectivity index is 0.00000441. The lowest BCUT2D eigenvalue weighted by Gasteiger charge is -2.17. The van der Waals surface area contributed by atoms with Gasteiger partial charge in [0.1, 0.15) is 11.5 Å². The quantitative estimate of drug-likeness (QED) is 0.360. The number of aromatic hydroxyl groups is 1. The number of aliphatic imine (C=N–C) groups is 1. The van der Waals surface area contributed by atoms with Crippen LogP contribution in [-0.2, 0) is 6.54 Å². The van der Waals surface area contributed by atoms with Crippen molar-refractivity contribution in [2.75, 3.05) is 20.7 Å². The van der Waals surface area contributed by atoms with E-state index in [1.165, 1.54) is 0 Å². The molecule has 0 aliphatic rings. The molecule has 0 radical (unpaired) electrons. The number of benzene rings is 1. The largest absolute Gasteiger partial charge is 0.508 e. The van der Waals surface area contributed by atoms with E-state index in [-0.39, 0.29) is 29.7 Å². The fourth-order valence-corrected chi connectivity index (χ4v) is 2.05. The molecule has 0 unspecified atom stereocenters. The summed E-state index contributed by atoms with van der Waals surface area (Å²) in [7, 11) is 3.35. The number of hydrogen-bond acceptors (Lipinski definition) is 3. The van der Waals surface area contributed by atoms with Crippen LogP contribution in [0.5, 0.6) is 11.5 Å². The molecule has 0 aliphatic carbocycles. The van der Waals surface area contributed by atoms with E-state index in [0.29, 0.717) is 12.5 Å². The summed E-state index contributed by atoms with van der Waals surface area (Å²) in [5, 5.41) is 16.4. The molecule has 0 saturated carbocycles. The number of guanidine groups is 1. The van der Waals surface area contributed by atoms with Crippen LogP contribution in [-0.4, -0.2) is 31.8 Å². The first kappa shape index (κ1) is 20.8. The number of ether oxygens (including phenoxy) is 1. The van der Waals surface area contributed by atoms with Crippen molar-refractivity contribution in [2.45, 2.75) is 33.2 Å². The van der Waals surface area contributed by atoms with Crippen molar-refractivity contribution >= 4 is 29.9 Å². The number of methoxy groups -OCH3 is 1. The number of hydrogen-bond donors (Lipinski definition) is 3. The SMILES string of the molecule is CCC(CC)CNC(=NC)NCc1cc(OC)ccc1O.I. The molecule has 1 aromatic rings. The van der Waals surface area contributed by atoms with Crippen LogP contribution in [0.3, 0.4) is 0 Å². The Labute approximate surface area is 150 Å². The van der Waals surface area contributed by atoms with E-state index >= 15 is 0 Å². The van der Waals surface area contributed by atoms with E-state index in [1.807, 2.05) is 6.07 Å². The second-order valence-corrected chi connectivity index (χ2v) is 4.98. The van der Waals surface area contributed by atoms with Crippen molar-refractivity contribution in [3.05, 3.63) is 23.8 Å². The standard InChI is InChI=1S/C16H27N3O2.HI/c1-5-12(6-2)10-18-16(17-3)19-11-13-9-14(21-4)7-8-15(13)20;/h7-9,12,20H,5-6,10-11H2,1-4H3,(H2,17,18,19);1H. The highest BCUT2D eigenvalue weighted by Gasteiger charge is 2.07. The van der Waals surface area contributed by atoms with Gasteiger partial charge in [-0.15, -0.1) is 24.0 Å². The molecular formula is C16H28IN3O2. The third kappa shape index (κ3) is 6.72. The average Bonchev–Trinajstić information content (AvgIpc) is 2.52. The summed E-state index contributed by atoms with van der Waals surface area (Å²) in [5.74, 6) is 2.36. The number of phenols is 1. The van der Waals surface area contributed by atoms with E-state index in [2.05, 4.69) is 29.5 Å². The Morgan fingerprint density at radius 2 is 1.95 bits per heavy atom. The fourth-order valence-electron chi connectivity index (χ4n) is 2.05. The molecule has 0 spiro atoms. The van der Waals surface area contributed by atoms with E-state index < -0.39 is 0 Å². The molecule has 0 aromatic heterocycles. The molecule has 0 bridgehead atoms. The summed E-state index contributed by atoms with van der Waals surface area (Å²) in [6.07, 6.45) is 2.30. The molecule has 3 N–H and O–H groups in total. The molecule has 0 saturated heterocycles. The molecule has 0 amide bonds. The van der Waals surface area contributed by atoms with Crippen molar-refractivity contribution in [3.63, 3.8) is 0 Å². The van der Waals surface area contributed by atoms with Crippen LogP contribution in [0.15, 0.2) is 23.2 Å². The van der Waals surface area contributed by atoms with Gasteiger partial charge < -0.3 is 20.5 Å². The van der Waals surface area contributed by atoms with Gasteiger partial charge in [0.2, 0.25) is 0 Å². The molecule has 1 rings (SSSR count). The van der Waals surface area contributed by atoms with Gasteiger partial charge in [0.15, 0.2) is 5.96 Å². The summed E-state index contributed by atoms with van der Waals surface area (Å²) < 4.78 is 5.17. The van der Waals surface area contributed by atoms with Gasteiger partial charge in [-0.05, 0) is 24.1 Å². The lowest BCUT2D eigenvalue weighted by atomic mass is 10.0. The van der Waals surface area contributed by atoms with Gasteiger partial charge >= 0.3 is 0 Å². The summed E-state index contributed by atoms with van der Waals surface area (Å²) >= 11 is 0. The molecular weight excluding hydrogens is 393 g/mol. The molecule has 126 valence electrons.